The van der Waals surface area contributed by atoms with Crippen LogP contribution in [0.5, 0.6) is 5.75 Å². The van der Waals surface area contributed by atoms with E-state index in [1.54, 1.807) is 31.4 Å². The predicted molar refractivity (Wildman–Crippen MR) is 115 cm³/mol. The van der Waals surface area contributed by atoms with E-state index in [1.165, 1.54) is 0 Å². The molecule has 0 radical (unpaired) electrons. The van der Waals surface area contributed by atoms with Crippen LogP contribution in [0.4, 0.5) is 0 Å². The molecule has 162 valence electrons. The summed E-state index contributed by atoms with van der Waals surface area (Å²) < 4.78 is 16.6. The van der Waals surface area contributed by atoms with Crippen LogP contribution in [0.3, 0.4) is 0 Å². The predicted octanol–water partition coefficient (Wildman–Crippen LogP) is 3.23. The van der Waals surface area contributed by atoms with Crippen molar-refractivity contribution in [2.75, 3.05) is 13.7 Å². The second-order valence-electron chi connectivity index (χ2n) is 7.63. The summed E-state index contributed by atoms with van der Waals surface area (Å²) in [6, 6.07) is 18.6. The number of nitrogens with one attached hydrogen (secondary N) is 1. The molecule has 1 fully saturated rings. The van der Waals surface area contributed by atoms with Gasteiger partial charge < -0.3 is 24.4 Å². The number of aliphatic hydroxyl groups is 1. The van der Waals surface area contributed by atoms with Gasteiger partial charge in [-0.1, -0.05) is 35.5 Å². The number of benzene rings is 2. The van der Waals surface area contributed by atoms with E-state index in [0.29, 0.717) is 24.2 Å². The molecule has 1 aromatic heterocycles. The summed E-state index contributed by atoms with van der Waals surface area (Å²) in [4.78, 5) is 12.4. The molecule has 7 nitrogen and oxygen atoms in total. The maximum absolute atomic E-state index is 12.4. The minimum atomic E-state index is -0.621. The van der Waals surface area contributed by atoms with Gasteiger partial charge in [-0.3, -0.25) is 4.79 Å². The van der Waals surface area contributed by atoms with E-state index in [2.05, 4.69) is 10.5 Å². The molecule has 3 aromatic rings. The highest BCUT2D eigenvalue weighted by molar-refractivity contribution is 5.94. The third-order valence-electron chi connectivity index (χ3n) is 5.45. The van der Waals surface area contributed by atoms with E-state index in [1.807, 2.05) is 36.4 Å². The van der Waals surface area contributed by atoms with Crippen LogP contribution in [-0.4, -0.2) is 48.1 Å². The zero-order valence-corrected chi connectivity index (χ0v) is 17.4. The molecule has 1 aliphatic heterocycles. The van der Waals surface area contributed by atoms with Gasteiger partial charge >= 0.3 is 0 Å². The van der Waals surface area contributed by atoms with Gasteiger partial charge in [0.2, 0.25) is 0 Å². The van der Waals surface area contributed by atoms with Crippen LogP contribution in [0.1, 0.15) is 28.9 Å². The summed E-state index contributed by atoms with van der Waals surface area (Å²) in [5.74, 6) is 1.19. The standard InChI is InChI=1S/C24H26N2O5/c1-29-19-9-7-17(8-10-19)24(28)25-15-23-21(27)12-11-20(30-23)13-18-14-22(31-26-18)16-5-3-2-4-6-16/h2-10,14,20-21,23,27H,11-13,15H2,1H3,(H,25,28). The Morgan fingerprint density at radius 2 is 1.94 bits per heavy atom. The molecule has 2 heterocycles. The molecule has 1 aliphatic rings. The van der Waals surface area contributed by atoms with Gasteiger partial charge in [0.15, 0.2) is 5.76 Å². The number of nitrogens with zero attached hydrogens (tertiary/aromatic N) is 1. The van der Waals surface area contributed by atoms with Crippen LogP contribution in [0.2, 0.25) is 0 Å². The summed E-state index contributed by atoms with van der Waals surface area (Å²) in [6.45, 7) is 0.233. The van der Waals surface area contributed by atoms with Crippen molar-refractivity contribution < 1.29 is 23.9 Å². The Hall–Kier alpha value is -3.16. The van der Waals surface area contributed by atoms with Gasteiger partial charge in [0, 0.05) is 30.2 Å². The van der Waals surface area contributed by atoms with Crippen LogP contribution < -0.4 is 10.1 Å². The largest absolute Gasteiger partial charge is 0.497 e. The van der Waals surface area contributed by atoms with Crippen LogP contribution >= 0.6 is 0 Å². The first kappa shape index (κ1) is 21.1. The third kappa shape index (κ3) is 5.31. The number of rotatable bonds is 7. The minimum absolute atomic E-state index is 0.0972. The number of carbonyl (C=O) groups excluding carboxylic acids is 1. The Morgan fingerprint density at radius 3 is 2.68 bits per heavy atom. The van der Waals surface area contributed by atoms with Gasteiger partial charge in [-0.05, 0) is 37.1 Å². The molecule has 1 amide bonds. The quantitative estimate of drug-likeness (QED) is 0.607. The zero-order chi connectivity index (χ0) is 21.6. The summed E-state index contributed by atoms with van der Waals surface area (Å²) in [6.07, 6.45) is 0.729. The van der Waals surface area contributed by atoms with Crippen molar-refractivity contribution in [3.8, 4) is 17.1 Å². The van der Waals surface area contributed by atoms with E-state index < -0.39 is 12.2 Å². The molecule has 3 atom stereocenters. The summed E-state index contributed by atoms with van der Waals surface area (Å²) in [7, 11) is 1.58. The normalized spacial score (nSPS) is 20.9. The van der Waals surface area contributed by atoms with Crippen LogP contribution in [0, 0.1) is 0 Å². The monoisotopic (exact) mass is 422 g/mol. The van der Waals surface area contributed by atoms with Crippen molar-refractivity contribution in [3.63, 3.8) is 0 Å². The number of ether oxygens (including phenoxy) is 2. The van der Waals surface area contributed by atoms with Crippen molar-refractivity contribution in [1.29, 1.82) is 0 Å². The molecule has 0 bridgehead atoms. The van der Waals surface area contributed by atoms with Crippen molar-refractivity contribution in [1.82, 2.24) is 10.5 Å². The number of aliphatic hydroxyl groups excluding tert-OH is 1. The van der Waals surface area contributed by atoms with Crippen LogP contribution in [0.25, 0.3) is 11.3 Å². The first-order valence-corrected chi connectivity index (χ1v) is 10.4. The van der Waals surface area contributed by atoms with Gasteiger partial charge in [0.1, 0.15) is 11.9 Å². The van der Waals surface area contributed by atoms with Crippen molar-refractivity contribution in [3.05, 3.63) is 71.9 Å². The molecule has 3 unspecified atom stereocenters. The SMILES string of the molecule is COc1ccc(C(=O)NCC2OC(Cc3cc(-c4ccccc4)on3)CCC2O)cc1. The zero-order valence-electron chi connectivity index (χ0n) is 17.4. The Morgan fingerprint density at radius 1 is 1.16 bits per heavy atom. The molecule has 0 saturated carbocycles. The molecular weight excluding hydrogens is 396 g/mol. The number of methoxy groups -OCH3 is 1. The van der Waals surface area contributed by atoms with Crippen LogP contribution in [-0.2, 0) is 11.2 Å². The maximum atomic E-state index is 12.4. The molecular formula is C24H26N2O5. The highest BCUT2D eigenvalue weighted by atomic mass is 16.5. The Bertz CT molecular complexity index is 987. The molecule has 7 heteroatoms. The van der Waals surface area contributed by atoms with E-state index in [0.717, 1.165) is 23.4 Å². The number of hydrogen-bond acceptors (Lipinski definition) is 6. The Kier molecular flexibility index (Phi) is 6.64. The molecule has 4 rings (SSSR count). The maximum Gasteiger partial charge on any atom is 0.251 e. The highest BCUT2D eigenvalue weighted by Gasteiger charge is 2.31. The minimum Gasteiger partial charge on any atom is -0.497 e. The number of carbonyl (C=O) groups is 1. The van der Waals surface area contributed by atoms with Gasteiger partial charge in [0.05, 0.1) is 25.0 Å². The lowest BCUT2D eigenvalue weighted by Crippen LogP contribution is -2.46. The fourth-order valence-corrected chi connectivity index (χ4v) is 3.70. The average molecular weight is 422 g/mol. The molecule has 0 aliphatic carbocycles. The molecule has 2 N–H and O–H groups in total. The summed E-state index contributed by atoms with van der Waals surface area (Å²) in [5.41, 5.74) is 2.31. The number of hydrogen-bond donors (Lipinski definition) is 2. The van der Waals surface area contributed by atoms with Gasteiger partial charge in [-0.2, -0.15) is 0 Å². The third-order valence-corrected chi connectivity index (χ3v) is 5.45. The number of aromatic nitrogens is 1. The Labute approximate surface area is 181 Å². The summed E-state index contributed by atoms with van der Waals surface area (Å²) >= 11 is 0. The molecule has 2 aromatic carbocycles. The first-order chi connectivity index (χ1) is 15.1. The van der Waals surface area contributed by atoms with Gasteiger partial charge in [-0.25, -0.2) is 0 Å². The first-order valence-electron chi connectivity index (χ1n) is 10.4. The second kappa shape index (κ2) is 9.76. The van der Waals surface area contributed by atoms with Crippen molar-refractivity contribution in [2.24, 2.45) is 0 Å². The lowest BCUT2D eigenvalue weighted by molar-refractivity contribution is -0.114. The molecule has 31 heavy (non-hydrogen) atoms. The van der Waals surface area contributed by atoms with E-state index in [9.17, 15) is 9.90 Å². The second-order valence-corrected chi connectivity index (χ2v) is 7.63. The van der Waals surface area contributed by atoms with E-state index in [-0.39, 0.29) is 18.6 Å². The van der Waals surface area contributed by atoms with E-state index >= 15 is 0 Å². The van der Waals surface area contributed by atoms with E-state index in [4.69, 9.17) is 14.0 Å². The summed E-state index contributed by atoms with van der Waals surface area (Å²) in [5, 5.41) is 17.3. The average Bonchev–Trinajstić information content (AvgIpc) is 3.28. The van der Waals surface area contributed by atoms with Crippen molar-refractivity contribution in [2.45, 2.75) is 37.6 Å². The van der Waals surface area contributed by atoms with Gasteiger partial charge in [0.25, 0.3) is 5.91 Å². The lowest BCUT2D eigenvalue weighted by atomic mass is 9.98. The van der Waals surface area contributed by atoms with Crippen LogP contribution in [0.15, 0.2) is 65.2 Å². The topological polar surface area (TPSA) is 93.8 Å². The molecule has 1 saturated heterocycles. The number of amides is 1. The fourth-order valence-electron chi connectivity index (χ4n) is 3.70. The van der Waals surface area contributed by atoms with Gasteiger partial charge in [-0.15, -0.1) is 0 Å². The highest BCUT2D eigenvalue weighted by Crippen LogP contribution is 2.25. The molecule has 0 spiro atoms. The fraction of sp³-hybridized carbons (Fsp3) is 0.333. The van der Waals surface area contributed by atoms with Crippen molar-refractivity contribution >= 4 is 5.91 Å². The smallest absolute Gasteiger partial charge is 0.251 e. The Balaban J connectivity index is 1.32. The lowest BCUT2D eigenvalue weighted by Gasteiger charge is -2.33.